The minimum Gasteiger partial charge on any atom is -0.381 e. The highest BCUT2D eigenvalue weighted by atomic mass is 16.5. The van der Waals surface area contributed by atoms with E-state index in [1.807, 2.05) is 6.07 Å². The van der Waals surface area contributed by atoms with Gasteiger partial charge in [0.05, 0.1) is 0 Å². The van der Waals surface area contributed by atoms with Crippen molar-refractivity contribution in [1.82, 2.24) is 0 Å². The molecule has 1 atom stereocenters. The lowest BCUT2D eigenvalue weighted by atomic mass is 9.88. The molecule has 1 aromatic rings. The van der Waals surface area contributed by atoms with Crippen LogP contribution in [0, 0.1) is 5.92 Å². The van der Waals surface area contributed by atoms with E-state index in [4.69, 9.17) is 10.5 Å². The Morgan fingerprint density at radius 2 is 1.79 bits per heavy atom. The standard InChI is InChI=1S/C12H17NO/c13-12(10-4-2-1-3-5-10)11-6-8-14-9-7-11/h1-5,11-12H,6-9,13H2/t12-/m1/s1. The Labute approximate surface area is 85.1 Å². The van der Waals surface area contributed by atoms with E-state index >= 15 is 0 Å². The summed E-state index contributed by atoms with van der Waals surface area (Å²) < 4.78 is 5.33. The van der Waals surface area contributed by atoms with E-state index in [0.29, 0.717) is 5.92 Å². The third-order valence-corrected chi connectivity index (χ3v) is 2.96. The van der Waals surface area contributed by atoms with Crippen LogP contribution in [0.2, 0.25) is 0 Å². The minimum absolute atomic E-state index is 0.181. The first-order valence-electron chi connectivity index (χ1n) is 5.26. The van der Waals surface area contributed by atoms with Gasteiger partial charge in [-0.25, -0.2) is 0 Å². The van der Waals surface area contributed by atoms with Crippen LogP contribution in [0.4, 0.5) is 0 Å². The summed E-state index contributed by atoms with van der Waals surface area (Å²) in [7, 11) is 0. The van der Waals surface area contributed by atoms with Gasteiger partial charge in [0.1, 0.15) is 0 Å². The van der Waals surface area contributed by atoms with E-state index in [1.54, 1.807) is 0 Å². The zero-order valence-corrected chi connectivity index (χ0v) is 8.36. The van der Waals surface area contributed by atoms with Gasteiger partial charge in [-0.15, -0.1) is 0 Å². The molecule has 0 spiro atoms. The first-order valence-corrected chi connectivity index (χ1v) is 5.26. The quantitative estimate of drug-likeness (QED) is 0.777. The fourth-order valence-corrected chi connectivity index (χ4v) is 2.02. The normalized spacial score (nSPS) is 20.6. The summed E-state index contributed by atoms with van der Waals surface area (Å²) in [5, 5.41) is 0. The Morgan fingerprint density at radius 3 is 2.43 bits per heavy atom. The lowest BCUT2D eigenvalue weighted by Crippen LogP contribution is -2.27. The average molecular weight is 191 g/mol. The molecule has 2 N–H and O–H groups in total. The molecule has 1 fully saturated rings. The molecule has 14 heavy (non-hydrogen) atoms. The zero-order valence-electron chi connectivity index (χ0n) is 8.36. The van der Waals surface area contributed by atoms with Crippen LogP contribution in [0.1, 0.15) is 24.4 Å². The van der Waals surface area contributed by atoms with Crippen LogP contribution in [0.5, 0.6) is 0 Å². The summed E-state index contributed by atoms with van der Waals surface area (Å²) in [5.41, 5.74) is 7.46. The molecule has 1 heterocycles. The lowest BCUT2D eigenvalue weighted by molar-refractivity contribution is 0.0584. The smallest absolute Gasteiger partial charge is 0.0469 e. The zero-order chi connectivity index (χ0) is 9.80. The van der Waals surface area contributed by atoms with E-state index in [0.717, 1.165) is 26.1 Å². The van der Waals surface area contributed by atoms with Crippen LogP contribution in [0.3, 0.4) is 0 Å². The van der Waals surface area contributed by atoms with Crippen molar-refractivity contribution in [1.29, 1.82) is 0 Å². The summed E-state index contributed by atoms with van der Waals surface area (Å²) in [4.78, 5) is 0. The molecule has 76 valence electrons. The molecule has 2 heteroatoms. The number of rotatable bonds is 2. The van der Waals surface area contributed by atoms with Crippen LogP contribution in [0.25, 0.3) is 0 Å². The second-order valence-electron chi connectivity index (χ2n) is 3.89. The molecule has 0 unspecified atom stereocenters. The van der Waals surface area contributed by atoms with Gasteiger partial charge in [-0.1, -0.05) is 30.3 Å². The number of nitrogens with two attached hydrogens (primary N) is 1. The fraction of sp³-hybridized carbons (Fsp3) is 0.500. The van der Waals surface area contributed by atoms with Gasteiger partial charge in [-0.05, 0) is 24.3 Å². The van der Waals surface area contributed by atoms with Gasteiger partial charge in [0, 0.05) is 19.3 Å². The monoisotopic (exact) mass is 191 g/mol. The Hall–Kier alpha value is -0.860. The van der Waals surface area contributed by atoms with Gasteiger partial charge in [-0.3, -0.25) is 0 Å². The van der Waals surface area contributed by atoms with Gasteiger partial charge in [0.15, 0.2) is 0 Å². The van der Waals surface area contributed by atoms with Crippen LogP contribution in [-0.4, -0.2) is 13.2 Å². The SMILES string of the molecule is N[C@H](c1ccccc1)C1CCOCC1. The number of hydrogen-bond donors (Lipinski definition) is 1. The van der Waals surface area contributed by atoms with Gasteiger partial charge in [0.2, 0.25) is 0 Å². The maximum absolute atomic E-state index is 6.21. The molecule has 0 aliphatic carbocycles. The minimum atomic E-state index is 0.181. The van der Waals surface area contributed by atoms with Crippen molar-refractivity contribution in [2.45, 2.75) is 18.9 Å². The van der Waals surface area contributed by atoms with Crippen molar-refractivity contribution < 1.29 is 4.74 Å². The van der Waals surface area contributed by atoms with Crippen molar-refractivity contribution in [3.8, 4) is 0 Å². The molecule has 0 saturated carbocycles. The Bertz CT molecular complexity index is 267. The molecule has 0 aromatic heterocycles. The molecule has 0 radical (unpaired) electrons. The number of hydrogen-bond acceptors (Lipinski definition) is 2. The first kappa shape index (κ1) is 9.69. The van der Waals surface area contributed by atoms with E-state index in [9.17, 15) is 0 Å². The molecule has 1 aromatic carbocycles. The second kappa shape index (κ2) is 4.58. The molecular formula is C12H17NO. The molecule has 1 aliphatic rings. The summed E-state index contributed by atoms with van der Waals surface area (Å²) in [6.45, 7) is 1.73. The van der Waals surface area contributed by atoms with Crippen LogP contribution in [-0.2, 0) is 4.74 Å². The highest BCUT2D eigenvalue weighted by Gasteiger charge is 2.21. The maximum Gasteiger partial charge on any atom is 0.0469 e. The highest BCUT2D eigenvalue weighted by molar-refractivity contribution is 5.19. The Kier molecular flexibility index (Phi) is 3.17. The van der Waals surface area contributed by atoms with Crippen LogP contribution in [0.15, 0.2) is 30.3 Å². The van der Waals surface area contributed by atoms with Crippen molar-refractivity contribution >= 4 is 0 Å². The summed E-state index contributed by atoms with van der Waals surface area (Å²) in [6, 6.07) is 10.5. The first-order chi connectivity index (χ1) is 6.88. The number of ether oxygens (including phenoxy) is 1. The molecule has 0 amide bonds. The van der Waals surface area contributed by atoms with Crippen LogP contribution < -0.4 is 5.73 Å². The third-order valence-electron chi connectivity index (χ3n) is 2.96. The lowest BCUT2D eigenvalue weighted by Gasteiger charge is -2.27. The molecular weight excluding hydrogens is 174 g/mol. The fourth-order valence-electron chi connectivity index (χ4n) is 2.02. The van der Waals surface area contributed by atoms with Crippen molar-refractivity contribution in [3.05, 3.63) is 35.9 Å². The molecule has 2 rings (SSSR count). The summed E-state index contributed by atoms with van der Waals surface area (Å²) in [6.07, 6.45) is 2.19. The van der Waals surface area contributed by atoms with Gasteiger partial charge < -0.3 is 10.5 Å². The van der Waals surface area contributed by atoms with Gasteiger partial charge in [0.25, 0.3) is 0 Å². The van der Waals surface area contributed by atoms with Crippen molar-refractivity contribution in [3.63, 3.8) is 0 Å². The summed E-state index contributed by atoms with van der Waals surface area (Å²) >= 11 is 0. The Balaban J connectivity index is 2.03. The van der Waals surface area contributed by atoms with E-state index in [-0.39, 0.29) is 6.04 Å². The molecule has 1 saturated heterocycles. The average Bonchev–Trinajstić information content (AvgIpc) is 2.30. The van der Waals surface area contributed by atoms with E-state index in [2.05, 4.69) is 24.3 Å². The maximum atomic E-state index is 6.21. The predicted molar refractivity (Wildman–Crippen MR) is 56.9 cm³/mol. The molecule has 2 nitrogen and oxygen atoms in total. The van der Waals surface area contributed by atoms with Gasteiger partial charge in [-0.2, -0.15) is 0 Å². The summed E-state index contributed by atoms with van der Waals surface area (Å²) in [5.74, 6) is 0.589. The second-order valence-corrected chi connectivity index (χ2v) is 3.89. The topological polar surface area (TPSA) is 35.2 Å². The Morgan fingerprint density at radius 1 is 1.14 bits per heavy atom. The molecule has 0 bridgehead atoms. The third kappa shape index (κ3) is 2.14. The van der Waals surface area contributed by atoms with Crippen LogP contribution >= 0.6 is 0 Å². The van der Waals surface area contributed by atoms with E-state index in [1.165, 1.54) is 5.56 Å². The number of benzene rings is 1. The van der Waals surface area contributed by atoms with Crippen molar-refractivity contribution in [2.75, 3.05) is 13.2 Å². The highest BCUT2D eigenvalue weighted by Crippen LogP contribution is 2.27. The largest absolute Gasteiger partial charge is 0.381 e. The van der Waals surface area contributed by atoms with Crippen molar-refractivity contribution in [2.24, 2.45) is 11.7 Å². The van der Waals surface area contributed by atoms with Gasteiger partial charge >= 0.3 is 0 Å². The van der Waals surface area contributed by atoms with E-state index < -0.39 is 0 Å². The molecule has 1 aliphatic heterocycles. The predicted octanol–water partition coefficient (Wildman–Crippen LogP) is 2.11.